The van der Waals surface area contributed by atoms with Crippen LogP contribution in [-0.4, -0.2) is 47.7 Å². The predicted octanol–water partition coefficient (Wildman–Crippen LogP) is -1.59. The lowest BCUT2D eigenvalue weighted by Gasteiger charge is -2.47. The number of aliphatic hydroxyl groups is 3. The van der Waals surface area contributed by atoms with Crippen molar-refractivity contribution >= 4 is 0 Å². The van der Waals surface area contributed by atoms with Gasteiger partial charge >= 0.3 is 0 Å². The lowest BCUT2D eigenvalue weighted by Crippen LogP contribution is -2.53. The summed E-state index contributed by atoms with van der Waals surface area (Å²) in [5.74, 6) is 0. The van der Waals surface area contributed by atoms with Crippen LogP contribution in [0.15, 0.2) is 0 Å². The molecule has 0 aliphatic heterocycles. The van der Waals surface area contributed by atoms with Gasteiger partial charge in [0.1, 0.15) is 0 Å². The van der Waals surface area contributed by atoms with Crippen LogP contribution in [0.5, 0.6) is 0 Å². The van der Waals surface area contributed by atoms with E-state index >= 15 is 0 Å². The van der Waals surface area contributed by atoms with Gasteiger partial charge in [0.2, 0.25) is 0 Å². The van der Waals surface area contributed by atoms with Crippen LogP contribution in [0.25, 0.3) is 0 Å². The highest BCUT2D eigenvalue weighted by atomic mass is 16.3. The Bertz CT molecular complexity index is 183. The van der Waals surface area contributed by atoms with Gasteiger partial charge in [-0.05, 0) is 19.3 Å². The van der Waals surface area contributed by atoms with Crippen LogP contribution in [0.2, 0.25) is 0 Å². The topological polar surface area (TPSA) is 113 Å². The first kappa shape index (κ1) is 12.9. The average Bonchev–Trinajstić information content (AvgIpc) is 2.28. The molecule has 0 aromatic heterocycles. The first-order valence-corrected chi connectivity index (χ1v) is 5.34. The third-order valence-corrected chi connectivity index (χ3v) is 3.58. The van der Waals surface area contributed by atoms with Gasteiger partial charge in [0, 0.05) is 30.0 Å². The standard InChI is InChI=1S/C10H22N2O3/c11-4-9(5-13)1-8(12)2-10(3-9,6-14)7-15/h8,13-15H,1-7,11-12H2. The van der Waals surface area contributed by atoms with Gasteiger partial charge in [-0.2, -0.15) is 0 Å². The molecule has 0 saturated heterocycles. The van der Waals surface area contributed by atoms with Gasteiger partial charge in [-0.25, -0.2) is 0 Å². The van der Waals surface area contributed by atoms with Gasteiger partial charge in [0.05, 0.1) is 13.2 Å². The van der Waals surface area contributed by atoms with Crippen molar-refractivity contribution in [2.45, 2.75) is 25.3 Å². The maximum Gasteiger partial charge on any atom is 0.0510 e. The molecule has 1 aliphatic carbocycles. The Hall–Kier alpha value is -0.200. The van der Waals surface area contributed by atoms with Crippen LogP contribution in [0, 0.1) is 10.8 Å². The van der Waals surface area contributed by atoms with E-state index in [4.69, 9.17) is 11.5 Å². The largest absolute Gasteiger partial charge is 0.396 e. The molecule has 2 unspecified atom stereocenters. The average molecular weight is 218 g/mol. The van der Waals surface area contributed by atoms with E-state index in [1.54, 1.807) is 0 Å². The second-order valence-electron chi connectivity index (χ2n) is 5.02. The number of hydrogen-bond acceptors (Lipinski definition) is 5. The second kappa shape index (κ2) is 4.76. The summed E-state index contributed by atoms with van der Waals surface area (Å²) in [4.78, 5) is 0. The third kappa shape index (κ3) is 2.49. The van der Waals surface area contributed by atoms with E-state index in [2.05, 4.69) is 0 Å². The molecule has 1 saturated carbocycles. The first-order valence-electron chi connectivity index (χ1n) is 5.34. The Balaban J connectivity index is 2.87. The van der Waals surface area contributed by atoms with E-state index < -0.39 is 10.8 Å². The van der Waals surface area contributed by atoms with Gasteiger partial charge in [-0.15, -0.1) is 0 Å². The van der Waals surface area contributed by atoms with Crippen LogP contribution >= 0.6 is 0 Å². The molecule has 5 nitrogen and oxygen atoms in total. The minimum atomic E-state index is -0.584. The molecule has 1 fully saturated rings. The van der Waals surface area contributed by atoms with Gasteiger partial charge in [-0.1, -0.05) is 0 Å². The summed E-state index contributed by atoms with van der Waals surface area (Å²) in [5, 5.41) is 28.1. The van der Waals surface area contributed by atoms with Crippen LogP contribution in [0.4, 0.5) is 0 Å². The molecule has 0 amide bonds. The monoisotopic (exact) mass is 218 g/mol. The fraction of sp³-hybridized carbons (Fsp3) is 1.00. The summed E-state index contributed by atoms with van der Waals surface area (Å²) in [5.41, 5.74) is 10.5. The van der Waals surface area contributed by atoms with E-state index in [-0.39, 0.29) is 25.9 Å². The SMILES string of the molecule is NCC1(CO)CC(N)CC(CO)(CO)C1. The van der Waals surface area contributed by atoms with Crippen molar-refractivity contribution in [2.24, 2.45) is 22.3 Å². The zero-order valence-electron chi connectivity index (χ0n) is 9.02. The van der Waals surface area contributed by atoms with E-state index in [0.717, 1.165) is 0 Å². The zero-order valence-corrected chi connectivity index (χ0v) is 9.02. The van der Waals surface area contributed by atoms with E-state index in [0.29, 0.717) is 25.8 Å². The maximum atomic E-state index is 9.38. The molecule has 0 aromatic rings. The minimum absolute atomic E-state index is 0.0427. The molecule has 1 aliphatic rings. The van der Waals surface area contributed by atoms with Crippen molar-refractivity contribution in [3.63, 3.8) is 0 Å². The Morgan fingerprint density at radius 3 is 1.87 bits per heavy atom. The quantitative estimate of drug-likeness (QED) is 0.390. The molecule has 0 radical (unpaired) electrons. The third-order valence-electron chi connectivity index (χ3n) is 3.58. The molecule has 1 rings (SSSR count). The highest BCUT2D eigenvalue weighted by Crippen LogP contribution is 2.44. The highest BCUT2D eigenvalue weighted by Gasteiger charge is 2.46. The molecular weight excluding hydrogens is 196 g/mol. The predicted molar refractivity (Wildman–Crippen MR) is 57.0 cm³/mol. The van der Waals surface area contributed by atoms with Gasteiger partial charge in [0.25, 0.3) is 0 Å². The number of aliphatic hydroxyl groups excluding tert-OH is 3. The molecule has 90 valence electrons. The Morgan fingerprint density at radius 1 is 1.00 bits per heavy atom. The zero-order chi connectivity index (χ0) is 11.5. The number of nitrogens with two attached hydrogens (primary N) is 2. The van der Waals surface area contributed by atoms with Gasteiger partial charge < -0.3 is 26.8 Å². The van der Waals surface area contributed by atoms with Crippen LogP contribution in [0.1, 0.15) is 19.3 Å². The summed E-state index contributed by atoms with van der Waals surface area (Å²) in [6, 6.07) is -0.117. The Morgan fingerprint density at radius 2 is 1.47 bits per heavy atom. The molecule has 0 heterocycles. The molecule has 7 N–H and O–H groups in total. The van der Waals surface area contributed by atoms with E-state index in [9.17, 15) is 15.3 Å². The smallest absolute Gasteiger partial charge is 0.0510 e. The normalized spacial score (nSPS) is 35.4. The highest BCUT2D eigenvalue weighted by molar-refractivity contribution is 4.99. The Kier molecular flexibility index (Phi) is 4.08. The van der Waals surface area contributed by atoms with E-state index in [1.807, 2.05) is 0 Å². The lowest BCUT2D eigenvalue weighted by atomic mass is 9.61. The molecule has 0 bridgehead atoms. The van der Waals surface area contributed by atoms with Crippen molar-refractivity contribution in [3.05, 3.63) is 0 Å². The minimum Gasteiger partial charge on any atom is -0.396 e. The number of hydrogen-bond donors (Lipinski definition) is 5. The summed E-state index contributed by atoms with van der Waals surface area (Å²) < 4.78 is 0. The van der Waals surface area contributed by atoms with E-state index in [1.165, 1.54) is 0 Å². The number of rotatable bonds is 4. The molecular formula is C10H22N2O3. The van der Waals surface area contributed by atoms with Crippen LogP contribution in [0.3, 0.4) is 0 Å². The maximum absolute atomic E-state index is 9.38. The summed E-state index contributed by atoms with van der Waals surface area (Å²) in [6.07, 6.45) is 1.78. The summed E-state index contributed by atoms with van der Waals surface area (Å²) in [6.45, 7) is 0.0653. The molecule has 0 spiro atoms. The second-order valence-corrected chi connectivity index (χ2v) is 5.02. The first-order chi connectivity index (χ1) is 7.05. The molecule has 2 atom stereocenters. The summed E-state index contributed by atoms with van der Waals surface area (Å²) in [7, 11) is 0. The lowest BCUT2D eigenvalue weighted by molar-refractivity contribution is -0.0524. The fourth-order valence-corrected chi connectivity index (χ4v) is 2.76. The van der Waals surface area contributed by atoms with Crippen molar-refractivity contribution in [3.8, 4) is 0 Å². The molecule has 0 aromatic carbocycles. The summed E-state index contributed by atoms with van der Waals surface area (Å²) >= 11 is 0. The molecule has 15 heavy (non-hydrogen) atoms. The van der Waals surface area contributed by atoms with Gasteiger partial charge in [0.15, 0.2) is 0 Å². The van der Waals surface area contributed by atoms with Crippen molar-refractivity contribution < 1.29 is 15.3 Å². The van der Waals surface area contributed by atoms with Crippen molar-refractivity contribution in [1.82, 2.24) is 0 Å². The van der Waals surface area contributed by atoms with Crippen LogP contribution < -0.4 is 11.5 Å². The van der Waals surface area contributed by atoms with Crippen molar-refractivity contribution in [2.75, 3.05) is 26.4 Å². The van der Waals surface area contributed by atoms with Gasteiger partial charge in [-0.3, -0.25) is 0 Å². The Labute approximate surface area is 90.1 Å². The van der Waals surface area contributed by atoms with Crippen molar-refractivity contribution in [1.29, 1.82) is 0 Å². The van der Waals surface area contributed by atoms with Crippen LogP contribution in [-0.2, 0) is 0 Å². The fourth-order valence-electron chi connectivity index (χ4n) is 2.76. The molecule has 5 heteroatoms.